The van der Waals surface area contributed by atoms with Crippen molar-refractivity contribution in [1.82, 2.24) is 20.5 Å². The fraction of sp³-hybridized carbons (Fsp3) is 0.458. The second-order valence-electron chi connectivity index (χ2n) is 8.77. The van der Waals surface area contributed by atoms with E-state index < -0.39 is 5.60 Å². The zero-order valence-electron chi connectivity index (χ0n) is 18.5. The van der Waals surface area contributed by atoms with E-state index >= 15 is 0 Å². The van der Waals surface area contributed by atoms with E-state index in [1.54, 1.807) is 13.4 Å². The number of benzene rings is 1. The Morgan fingerprint density at radius 1 is 1.23 bits per heavy atom. The SMILES string of the molecule is CC(C)NCc1c2cc(-c3ccc(C4(O)CCNCC4)cc3)nc1CC(=O)N(C)C=N2. The van der Waals surface area contributed by atoms with Crippen LogP contribution in [0, 0.1) is 0 Å². The Hall–Kier alpha value is -2.61. The molecule has 7 nitrogen and oxygen atoms in total. The molecule has 2 aliphatic rings. The van der Waals surface area contributed by atoms with Gasteiger partial charge in [-0.25, -0.2) is 4.99 Å². The number of rotatable bonds is 5. The summed E-state index contributed by atoms with van der Waals surface area (Å²) in [5, 5.41) is 17.7. The van der Waals surface area contributed by atoms with Gasteiger partial charge in [0.05, 0.1) is 35.4 Å². The predicted molar refractivity (Wildman–Crippen MR) is 122 cm³/mol. The molecule has 0 atom stereocenters. The van der Waals surface area contributed by atoms with E-state index in [1.165, 1.54) is 4.90 Å². The van der Waals surface area contributed by atoms with Crippen LogP contribution in [0.1, 0.15) is 43.5 Å². The lowest BCUT2D eigenvalue weighted by Gasteiger charge is -2.33. The van der Waals surface area contributed by atoms with Crippen molar-refractivity contribution in [2.75, 3.05) is 20.1 Å². The summed E-state index contributed by atoms with van der Waals surface area (Å²) in [4.78, 5) is 23.5. The van der Waals surface area contributed by atoms with Gasteiger partial charge in [0.25, 0.3) is 0 Å². The van der Waals surface area contributed by atoms with Crippen molar-refractivity contribution in [2.24, 2.45) is 4.99 Å². The topological polar surface area (TPSA) is 89.8 Å². The molecule has 2 bridgehead atoms. The lowest BCUT2D eigenvalue weighted by atomic mass is 9.84. The molecule has 2 aliphatic heterocycles. The first kappa shape index (κ1) is 21.6. The van der Waals surface area contributed by atoms with E-state index in [9.17, 15) is 9.90 Å². The molecule has 1 fully saturated rings. The van der Waals surface area contributed by atoms with E-state index in [4.69, 9.17) is 4.98 Å². The molecule has 4 rings (SSSR count). The van der Waals surface area contributed by atoms with Crippen LogP contribution in [0.3, 0.4) is 0 Å². The minimum Gasteiger partial charge on any atom is -0.385 e. The van der Waals surface area contributed by atoms with Crippen molar-refractivity contribution < 1.29 is 9.90 Å². The number of hydrogen-bond donors (Lipinski definition) is 3. The molecular weight excluding hydrogens is 390 g/mol. The predicted octanol–water partition coefficient (Wildman–Crippen LogP) is 2.49. The first-order chi connectivity index (χ1) is 14.9. The largest absolute Gasteiger partial charge is 0.385 e. The number of carbonyl (C=O) groups is 1. The smallest absolute Gasteiger partial charge is 0.233 e. The van der Waals surface area contributed by atoms with E-state index in [2.05, 4.69) is 29.5 Å². The van der Waals surface area contributed by atoms with Gasteiger partial charge in [-0.05, 0) is 37.6 Å². The monoisotopic (exact) mass is 421 g/mol. The summed E-state index contributed by atoms with van der Waals surface area (Å²) < 4.78 is 0. The Bertz CT molecular complexity index is 978. The number of aliphatic hydroxyl groups is 1. The molecule has 0 aliphatic carbocycles. The van der Waals surface area contributed by atoms with Crippen LogP contribution < -0.4 is 10.6 Å². The van der Waals surface area contributed by atoms with Crippen molar-refractivity contribution in [3.8, 4) is 11.3 Å². The van der Waals surface area contributed by atoms with Gasteiger partial charge in [0.1, 0.15) is 0 Å². The van der Waals surface area contributed by atoms with Gasteiger partial charge in [-0.15, -0.1) is 0 Å². The minimum atomic E-state index is -0.776. The first-order valence-electron chi connectivity index (χ1n) is 11.0. The second-order valence-corrected chi connectivity index (χ2v) is 8.77. The van der Waals surface area contributed by atoms with Crippen molar-refractivity contribution in [1.29, 1.82) is 0 Å². The average molecular weight is 422 g/mol. The van der Waals surface area contributed by atoms with E-state index in [0.717, 1.165) is 46.9 Å². The molecular formula is C24H31N5O2. The Labute approximate surface area is 183 Å². The summed E-state index contributed by atoms with van der Waals surface area (Å²) >= 11 is 0. The van der Waals surface area contributed by atoms with Gasteiger partial charge in [-0.3, -0.25) is 9.78 Å². The first-order valence-corrected chi connectivity index (χ1v) is 11.0. The molecule has 1 saturated heterocycles. The van der Waals surface area contributed by atoms with Crippen LogP contribution in [0.15, 0.2) is 35.3 Å². The third-order valence-corrected chi connectivity index (χ3v) is 6.10. The lowest BCUT2D eigenvalue weighted by Crippen LogP contribution is -2.39. The lowest BCUT2D eigenvalue weighted by molar-refractivity contribution is -0.125. The van der Waals surface area contributed by atoms with E-state index in [-0.39, 0.29) is 12.3 Å². The van der Waals surface area contributed by atoms with Crippen LogP contribution in [0.4, 0.5) is 5.69 Å². The highest BCUT2D eigenvalue weighted by Crippen LogP contribution is 2.34. The Morgan fingerprint density at radius 3 is 2.61 bits per heavy atom. The molecule has 3 heterocycles. The van der Waals surface area contributed by atoms with E-state index in [0.29, 0.717) is 25.4 Å². The van der Waals surface area contributed by atoms with Crippen molar-refractivity contribution in [3.63, 3.8) is 0 Å². The van der Waals surface area contributed by atoms with Crippen LogP contribution in [-0.4, -0.2) is 53.4 Å². The van der Waals surface area contributed by atoms with Gasteiger partial charge in [0.2, 0.25) is 5.91 Å². The van der Waals surface area contributed by atoms with Gasteiger partial charge in [-0.1, -0.05) is 38.1 Å². The summed E-state index contributed by atoms with van der Waals surface area (Å²) in [6.07, 6.45) is 3.24. The number of likely N-dealkylation sites (N-methyl/N-ethyl adjacent to an activating group) is 1. The maximum absolute atomic E-state index is 12.5. The highest BCUT2D eigenvalue weighted by Gasteiger charge is 2.31. The molecule has 31 heavy (non-hydrogen) atoms. The van der Waals surface area contributed by atoms with Crippen molar-refractivity contribution >= 4 is 17.9 Å². The van der Waals surface area contributed by atoms with Gasteiger partial charge in [-0.2, -0.15) is 0 Å². The van der Waals surface area contributed by atoms with Gasteiger partial charge < -0.3 is 20.6 Å². The normalized spacial score (nSPS) is 18.2. The fourth-order valence-electron chi connectivity index (χ4n) is 4.08. The highest BCUT2D eigenvalue weighted by molar-refractivity contribution is 5.91. The standard InChI is InChI=1S/C24H31N5O2/c1-16(2)26-14-19-21-12-20(28-22(19)13-23(30)29(3)15-27-21)17-4-6-18(7-5-17)24(31)8-10-25-11-9-24/h4-7,12,15-16,25-26,31H,8-11,13-14H2,1-3H3. The molecule has 1 aromatic heterocycles. The second kappa shape index (κ2) is 8.86. The number of carbonyl (C=O) groups excluding carboxylic acids is 1. The van der Waals surface area contributed by atoms with Gasteiger partial charge >= 0.3 is 0 Å². The van der Waals surface area contributed by atoms with Crippen LogP contribution in [0.25, 0.3) is 11.3 Å². The molecule has 0 saturated carbocycles. The summed E-state index contributed by atoms with van der Waals surface area (Å²) in [5.41, 5.74) is 4.45. The molecule has 1 amide bonds. The van der Waals surface area contributed by atoms with Crippen LogP contribution in [0.5, 0.6) is 0 Å². The molecule has 1 aromatic carbocycles. The quantitative estimate of drug-likeness (QED) is 0.690. The number of fused-ring (bicyclic) bond motifs is 2. The van der Waals surface area contributed by atoms with Crippen LogP contribution in [0.2, 0.25) is 0 Å². The maximum Gasteiger partial charge on any atom is 0.233 e. The number of aliphatic imine (C=N–C) groups is 1. The number of piperidine rings is 1. The summed E-state index contributed by atoms with van der Waals surface area (Å²) in [6.45, 7) is 6.43. The number of pyridine rings is 1. The maximum atomic E-state index is 12.5. The average Bonchev–Trinajstić information content (AvgIpc) is 2.76. The minimum absolute atomic E-state index is 0.0340. The summed E-state index contributed by atoms with van der Waals surface area (Å²) in [6, 6.07) is 10.3. The number of nitrogens with one attached hydrogen (secondary N) is 2. The molecule has 0 unspecified atom stereocenters. The number of nitrogens with zero attached hydrogens (tertiary/aromatic N) is 3. The summed E-state index contributed by atoms with van der Waals surface area (Å²) in [7, 11) is 1.72. The Morgan fingerprint density at radius 2 is 1.94 bits per heavy atom. The van der Waals surface area contributed by atoms with Crippen LogP contribution >= 0.6 is 0 Å². The number of hydrogen-bond acceptors (Lipinski definition) is 6. The number of aromatic nitrogens is 1. The highest BCUT2D eigenvalue weighted by atomic mass is 16.3. The molecule has 7 heteroatoms. The van der Waals surface area contributed by atoms with Crippen LogP contribution in [-0.2, 0) is 23.4 Å². The molecule has 164 valence electrons. The molecule has 3 N–H and O–H groups in total. The van der Waals surface area contributed by atoms with Gasteiger partial charge in [0, 0.05) is 30.8 Å². The van der Waals surface area contributed by atoms with Crippen molar-refractivity contribution in [2.45, 2.75) is 51.3 Å². The third-order valence-electron chi connectivity index (χ3n) is 6.10. The number of amides is 1. The summed E-state index contributed by atoms with van der Waals surface area (Å²) in [5.74, 6) is -0.0340. The zero-order valence-corrected chi connectivity index (χ0v) is 18.5. The van der Waals surface area contributed by atoms with E-state index in [1.807, 2.05) is 30.3 Å². The Kier molecular flexibility index (Phi) is 6.18. The van der Waals surface area contributed by atoms with Crippen molar-refractivity contribution in [3.05, 3.63) is 47.2 Å². The molecule has 0 spiro atoms. The molecule has 0 radical (unpaired) electrons. The zero-order chi connectivity index (χ0) is 22.0. The Balaban J connectivity index is 1.70. The third kappa shape index (κ3) is 4.69. The van der Waals surface area contributed by atoms with Gasteiger partial charge in [0.15, 0.2) is 0 Å². The fourth-order valence-corrected chi connectivity index (χ4v) is 4.08. The molecule has 2 aromatic rings.